The predicted octanol–water partition coefficient (Wildman–Crippen LogP) is 1.88. The molecule has 2 N–H and O–H groups in total. The van der Waals surface area contributed by atoms with E-state index >= 15 is 0 Å². The second-order valence-corrected chi connectivity index (χ2v) is 8.83. The molecule has 35 heavy (non-hydrogen) atoms. The molecule has 2 aromatic rings. The number of hydrogen-bond donors (Lipinski definition) is 2. The van der Waals surface area contributed by atoms with E-state index in [1.165, 1.54) is 12.0 Å². The Morgan fingerprint density at radius 2 is 2.00 bits per heavy atom. The summed E-state index contributed by atoms with van der Waals surface area (Å²) in [7, 11) is 1.54. The van der Waals surface area contributed by atoms with Crippen molar-refractivity contribution in [1.29, 1.82) is 0 Å². The van der Waals surface area contributed by atoms with E-state index in [9.17, 15) is 14.4 Å². The predicted molar refractivity (Wildman–Crippen MR) is 131 cm³/mol. The minimum atomic E-state index is -0.279. The maximum atomic E-state index is 13.4. The summed E-state index contributed by atoms with van der Waals surface area (Å²) in [6, 6.07) is 6.80. The Hall–Kier alpha value is -3.56. The van der Waals surface area contributed by atoms with Crippen molar-refractivity contribution in [3.63, 3.8) is 0 Å². The number of amides is 3. The fourth-order valence-electron chi connectivity index (χ4n) is 3.90. The van der Waals surface area contributed by atoms with Crippen molar-refractivity contribution >= 4 is 17.7 Å². The molecule has 1 aromatic heterocycles. The van der Waals surface area contributed by atoms with Crippen molar-refractivity contribution in [3.8, 4) is 11.5 Å². The average molecular weight is 486 g/mol. The largest absolute Gasteiger partial charge is 0.497 e. The van der Waals surface area contributed by atoms with Crippen LogP contribution in [0.5, 0.6) is 11.5 Å². The quantitative estimate of drug-likeness (QED) is 0.668. The molecular weight excluding hydrogens is 450 g/mol. The van der Waals surface area contributed by atoms with Crippen molar-refractivity contribution in [3.05, 3.63) is 41.2 Å². The lowest BCUT2D eigenvalue weighted by Crippen LogP contribution is -2.43. The number of carbonyl (C=O) groups is 3. The number of ether oxygens (including phenoxy) is 2. The van der Waals surface area contributed by atoms with E-state index in [0.29, 0.717) is 54.7 Å². The van der Waals surface area contributed by atoms with Crippen molar-refractivity contribution in [2.45, 2.75) is 40.2 Å². The van der Waals surface area contributed by atoms with Crippen LogP contribution in [-0.2, 0) is 17.8 Å². The standard InChI is InChI=1S/C25H35N5O5/c1-5-30-21(14-18(28-30)13-17(2)3)25(33)29-11-6-9-27-24(32)20-8-7-19(34-4)15-22(20)35-12-10-26-23(31)16-29/h7-8,14-15,17H,5-6,9-13,16H2,1-4H3,(H,26,31)(H,27,32). The van der Waals surface area contributed by atoms with Gasteiger partial charge in [0.2, 0.25) is 5.91 Å². The van der Waals surface area contributed by atoms with Crippen LogP contribution in [0, 0.1) is 5.92 Å². The van der Waals surface area contributed by atoms with E-state index < -0.39 is 0 Å². The lowest BCUT2D eigenvalue weighted by atomic mass is 10.1. The number of methoxy groups -OCH3 is 1. The summed E-state index contributed by atoms with van der Waals surface area (Å²) >= 11 is 0. The van der Waals surface area contributed by atoms with Crippen LogP contribution in [0.2, 0.25) is 0 Å². The fourth-order valence-corrected chi connectivity index (χ4v) is 3.90. The zero-order chi connectivity index (χ0) is 25.4. The van der Waals surface area contributed by atoms with Gasteiger partial charge in [0.15, 0.2) is 0 Å². The monoisotopic (exact) mass is 485 g/mol. The highest BCUT2D eigenvalue weighted by molar-refractivity contribution is 5.97. The molecule has 10 heteroatoms. The average Bonchev–Trinajstić information content (AvgIpc) is 3.24. The highest BCUT2D eigenvalue weighted by Gasteiger charge is 2.24. The summed E-state index contributed by atoms with van der Waals surface area (Å²) in [4.78, 5) is 40.3. The molecule has 0 spiro atoms. The Bertz CT molecular complexity index is 1050. The van der Waals surface area contributed by atoms with Crippen LogP contribution >= 0.6 is 0 Å². The Morgan fingerprint density at radius 3 is 2.71 bits per heavy atom. The van der Waals surface area contributed by atoms with Crippen LogP contribution in [0.15, 0.2) is 24.3 Å². The van der Waals surface area contributed by atoms with E-state index in [-0.39, 0.29) is 37.4 Å². The number of aryl methyl sites for hydroxylation is 1. The second-order valence-electron chi connectivity index (χ2n) is 8.83. The zero-order valence-corrected chi connectivity index (χ0v) is 20.9. The third kappa shape index (κ3) is 6.97. The molecule has 0 saturated carbocycles. The van der Waals surface area contributed by atoms with E-state index in [0.717, 1.165) is 12.1 Å². The first-order valence-corrected chi connectivity index (χ1v) is 12.0. The van der Waals surface area contributed by atoms with Gasteiger partial charge in [-0.25, -0.2) is 0 Å². The van der Waals surface area contributed by atoms with Gasteiger partial charge in [0.1, 0.15) is 23.8 Å². The number of nitrogens with one attached hydrogen (secondary N) is 2. The minimum Gasteiger partial charge on any atom is -0.497 e. The van der Waals surface area contributed by atoms with Gasteiger partial charge in [-0.3, -0.25) is 19.1 Å². The number of carbonyl (C=O) groups excluding carboxylic acids is 3. The van der Waals surface area contributed by atoms with Gasteiger partial charge in [-0.1, -0.05) is 13.8 Å². The summed E-state index contributed by atoms with van der Waals surface area (Å²) in [6.07, 6.45) is 1.25. The normalized spacial score (nSPS) is 15.5. The minimum absolute atomic E-state index is 0.0917. The van der Waals surface area contributed by atoms with Crippen molar-refractivity contribution in [2.75, 3.05) is 39.9 Å². The van der Waals surface area contributed by atoms with Crippen molar-refractivity contribution in [2.24, 2.45) is 5.92 Å². The van der Waals surface area contributed by atoms with Gasteiger partial charge in [-0.2, -0.15) is 5.10 Å². The van der Waals surface area contributed by atoms with Crippen LogP contribution in [0.3, 0.4) is 0 Å². The fraction of sp³-hybridized carbons (Fsp3) is 0.520. The molecule has 1 aromatic carbocycles. The van der Waals surface area contributed by atoms with Crippen LogP contribution in [0.25, 0.3) is 0 Å². The van der Waals surface area contributed by atoms with Crippen molar-refractivity contribution in [1.82, 2.24) is 25.3 Å². The molecule has 1 aliphatic rings. The lowest BCUT2D eigenvalue weighted by molar-refractivity contribution is -0.121. The summed E-state index contributed by atoms with van der Waals surface area (Å²) < 4.78 is 12.7. The maximum absolute atomic E-state index is 13.4. The van der Waals surface area contributed by atoms with Gasteiger partial charge in [-0.05, 0) is 43.9 Å². The maximum Gasteiger partial charge on any atom is 0.272 e. The molecule has 0 saturated heterocycles. The Morgan fingerprint density at radius 1 is 1.20 bits per heavy atom. The van der Waals surface area contributed by atoms with Gasteiger partial charge >= 0.3 is 0 Å². The Balaban J connectivity index is 1.76. The van der Waals surface area contributed by atoms with Crippen LogP contribution in [0.1, 0.15) is 53.7 Å². The van der Waals surface area contributed by atoms with Crippen LogP contribution in [-0.4, -0.2) is 72.3 Å². The topological polar surface area (TPSA) is 115 Å². The lowest BCUT2D eigenvalue weighted by Gasteiger charge is -2.23. The number of rotatable bonds is 5. The van der Waals surface area contributed by atoms with E-state index in [1.54, 1.807) is 22.9 Å². The summed E-state index contributed by atoms with van der Waals surface area (Å²) in [6.45, 7) is 7.63. The third-order valence-corrected chi connectivity index (χ3v) is 5.59. The Labute approximate surface area is 206 Å². The number of fused-ring (bicyclic) bond motifs is 1. The molecular formula is C25H35N5O5. The van der Waals surface area contributed by atoms with Gasteiger partial charge in [0, 0.05) is 25.7 Å². The Kier molecular flexibility index (Phi) is 9.11. The van der Waals surface area contributed by atoms with E-state index in [2.05, 4.69) is 29.6 Å². The van der Waals surface area contributed by atoms with E-state index in [1.807, 2.05) is 13.0 Å². The molecule has 0 fully saturated rings. The van der Waals surface area contributed by atoms with Gasteiger partial charge < -0.3 is 25.0 Å². The summed E-state index contributed by atoms with van der Waals surface area (Å²) in [5.74, 6) is 0.559. The molecule has 3 rings (SSSR count). The first kappa shape index (κ1) is 26.1. The zero-order valence-electron chi connectivity index (χ0n) is 20.9. The van der Waals surface area contributed by atoms with Crippen molar-refractivity contribution < 1.29 is 23.9 Å². The van der Waals surface area contributed by atoms with Gasteiger partial charge in [0.05, 0.1) is 31.5 Å². The molecule has 0 radical (unpaired) electrons. The first-order chi connectivity index (χ1) is 16.8. The number of benzene rings is 1. The molecule has 0 bridgehead atoms. The number of nitrogens with zero attached hydrogens (tertiary/aromatic N) is 3. The number of hydrogen-bond acceptors (Lipinski definition) is 6. The highest BCUT2D eigenvalue weighted by Crippen LogP contribution is 2.25. The molecule has 3 amide bonds. The SMILES string of the molecule is CCn1nc(CC(C)C)cc1C(=O)N1CCCNC(=O)c2ccc(OC)cc2OCCNC(=O)C1. The first-order valence-electron chi connectivity index (χ1n) is 12.0. The second kappa shape index (κ2) is 12.2. The molecule has 0 atom stereocenters. The highest BCUT2D eigenvalue weighted by atomic mass is 16.5. The smallest absolute Gasteiger partial charge is 0.272 e. The van der Waals surface area contributed by atoms with Gasteiger partial charge in [0.25, 0.3) is 11.8 Å². The van der Waals surface area contributed by atoms with Crippen LogP contribution in [0.4, 0.5) is 0 Å². The summed E-state index contributed by atoms with van der Waals surface area (Å²) in [5.41, 5.74) is 1.70. The molecule has 1 aliphatic heterocycles. The third-order valence-electron chi connectivity index (χ3n) is 5.59. The van der Waals surface area contributed by atoms with Crippen LogP contribution < -0.4 is 20.1 Å². The number of aromatic nitrogens is 2. The van der Waals surface area contributed by atoms with E-state index in [4.69, 9.17) is 9.47 Å². The molecule has 0 unspecified atom stereocenters. The van der Waals surface area contributed by atoms with Gasteiger partial charge in [-0.15, -0.1) is 0 Å². The molecule has 10 nitrogen and oxygen atoms in total. The molecule has 2 heterocycles. The summed E-state index contributed by atoms with van der Waals surface area (Å²) in [5, 5.41) is 10.2. The molecule has 0 aliphatic carbocycles. The molecule has 190 valence electrons.